The van der Waals surface area contributed by atoms with E-state index in [1.54, 1.807) is 6.20 Å². The number of nitrogens with two attached hydrogens (primary N) is 1. The van der Waals surface area contributed by atoms with Crippen molar-refractivity contribution in [1.82, 2.24) is 14.8 Å². The molecule has 2 N–H and O–H groups in total. The summed E-state index contributed by atoms with van der Waals surface area (Å²) in [5.74, 6) is 0. The molecule has 0 unspecified atom stereocenters. The van der Waals surface area contributed by atoms with E-state index >= 15 is 0 Å². The lowest BCUT2D eigenvalue weighted by Gasteiger charge is -2.08. The van der Waals surface area contributed by atoms with E-state index in [0.29, 0.717) is 5.69 Å². The van der Waals surface area contributed by atoms with Gasteiger partial charge in [-0.1, -0.05) is 6.92 Å². The van der Waals surface area contributed by atoms with Gasteiger partial charge in [-0.15, -0.1) is 0 Å². The standard InChI is InChI=1S/C12H16N4/c1-3-6-16-11(4-5-15-16)12-10(13)7-9(2)8-14-12/h4-5,7-8H,3,6,13H2,1-2H3. The van der Waals surface area contributed by atoms with Crippen LogP contribution < -0.4 is 5.73 Å². The molecule has 2 aromatic heterocycles. The van der Waals surface area contributed by atoms with E-state index in [9.17, 15) is 0 Å². The van der Waals surface area contributed by atoms with Crippen molar-refractivity contribution in [3.63, 3.8) is 0 Å². The van der Waals surface area contributed by atoms with Crippen LogP contribution in [0.3, 0.4) is 0 Å². The molecule has 4 heteroatoms. The maximum atomic E-state index is 5.97. The summed E-state index contributed by atoms with van der Waals surface area (Å²) < 4.78 is 1.94. The van der Waals surface area contributed by atoms with Gasteiger partial charge in [-0.3, -0.25) is 9.67 Å². The highest BCUT2D eigenvalue weighted by Crippen LogP contribution is 2.23. The van der Waals surface area contributed by atoms with E-state index in [1.807, 2.05) is 29.9 Å². The third-order valence-corrected chi connectivity index (χ3v) is 2.45. The Labute approximate surface area is 95.1 Å². The number of anilines is 1. The minimum atomic E-state index is 0.706. The minimum absolute atomic E-state index is 0.706. The van der Waals surface area contributed by atoms with Crippen molar-refractivity contribution in [2.24, 2.45) is 0 Å². The largest absolute Gasteiger partial charge is 0.397 e. The molecule has 0 fully saturated rings. The number of hydrogen-bond acceptors (Lipinski definition) is 3. The lowest BCUT2D eigenvalue weighted by atomic mass is 10.2. The monoisotopic (exact) mass is 216 g/mol. The number of rotatable bonds is 3. The van der Waals surface area contributed by atoms with Gasteiger partial charge in [0, 0.05) is 18.9 Å². The normalized spacial score (nSPS) is 10.6. The first-order valence-electron chi connectivity index (χ1n) is 5.46. The molecule has 84 valence electrons. The maximum absolute atomic E-state index is 5.97. The van der Waals surface area contributed by atoms with Gasteiger partial charge in [-0.25, -0.2) is 0 Å². The Morgan fingerprint density at radius 1 is 1.44 bits per heavy atom. The zero-order valence-electron chi connectivity index (χ0n) is 9.64. The zero-order chi connectivity index (χ0) is 11.5. The second-order valence-electron chi connectivity index (χ2n) is 3.89. The van der Waals surface area contributed by atoms with Gasteiger partial charge < -0.3 is 5.73 Å². The van der Waals surface area contributed by atoms with Crippen LogP contribution in [0, 0.1) is 6.92 Å². The second kappa shape index (κ2) is 4.35. The Balaban J connectivity index is 2.46. The number of nitrogens with zero attached hydrogens (tertiary/aromatic N) is 3. The van der Waals surface area contributed by atoms with Gasteiger partial charge in [0.15, 0.2) is 0 Å². The summed E-state index contributed by atoms with van der Waals surface area (Å²) in [5, 5.41) is 4.27. The Kier molecular flexibility index (Phi) is 2.90. The molecule has 0 saturated carbocycles. The molecule has 16 heavy (non-hydrogen) atoms. The third-order valence-electron chi connectivity index (χ3n) is 2.45. The molecular weight excluding hydrogens is 200 g/mol. The molecule has 0 radical (unpaired) electrons. The van der Waals surface area contributed by atoms with Crippen molar-refractivity contribution >= 4 is 5.69 Å². The Hall–Kier alpha value is -1.84. The highest BCUT2D eigenvalue weighted by atomic mass is 15.3. The van der Waals surface area contributed by atoms with Gasteiger partial charge >= 0.3 is 0 Å². The lowest BCUT2D eigenvalue weighted by Crippen LogP contribution is -2.04. The fourth-order valence-electron chi connectivity index (χ4n) is 1.73. The van der Waals surface area contributed by atoms with E-state index in [-0.39, 0.29) is 0 Å². The number of nitrogen functional groups attached to an aromatic ring is 1. The predicted molar refractivity (Wildman–Crippen MR) is 64.9 cm³/mol. The van der Waals surface area contributed by atoms with E-state index in [1.165, 1.54) is 0 Å². The fraction of sp³-hybridized carbons (Fsp3) is 0.333. The second-order valence-corrected chi connectivity index (χ2v) is 3.89. The van der Waals surface area contributed by atoms with Gasteiger partial charge in [0.2, 0.25) is 0 Å². The Morgan fingerprint density at radius 3 is 2.94 bits per heavy atom. The highest BCUT2D eigenvalue weighted by Gasteiger charge is 2.09. The van der Waals surface area contributed by atoms with E-state index < -0.39 is 0 Å². The average molecular weight is 216 g/mol. The summed E-state index contributed by atoms with van der Waals surface area (Å²) in [7, 11) is 0. The van der Waals surface area contributed by atoms with E-state index in [0.717, 1.165) is 29.9 Å². The summed E-state index contributed by atoms with van der Waals surface area (Å²) in [5.41, 5.74) is 9.55. The topological polar surface area (TPSA) is 56.7 Å². The van der Waals surface area contributed by atoms with Crippen LogP contribution in [0.25, 0.3) is 11.4 Å². The van der Waals surface area contributed by atoms with Crippen molar-refractivity contribution in [2.45, 2.75) is 26.8 Å². The highest BCUT2D eigenvalue weighted by molar-refractivity contribution is 5.70. The van der Waals surface area contributed by atoms with Gasteiger partial charge in [0.25, 0.3) is 0 Å². The average Bonchev–Trinajstić information content (AvgIpc) is 2.67. The van der Waals surface area contributed by atoms with Crippen molar-refractivity contribution in [3.05, 3.63) is 30.1 Å². The SMILES string of the molecule is CCCn1nccc1-c1ncc(C)cc1N. The van der Waals surface area contributed by atoms with Crippen LogP contribution in [0.15, 0.2) is 24.5 Å². The molecule has 0 aliphatic carbocycles. The first kappa shape index (κ1) is 10.7. The Bertz CT molecular complexity index is 488. The molecule has 0 aliphatic heterocycles. The van der Waals surface area contributed by atoms with E-state index in [4.69, 9.17) is 5.73 Å². The number of hydrogen-bond donors (Lipinski definition) is 1. The molecule has 4 nitrogen and oxygen atoms in total. The Morgan fingerprint density at radius 2 is 2.25 bits per heavy atom. The first-order valence-corrected chi connectivity index (χ1v) is 5.46. The zero-order valence-corrected chi connectivity index (χ0v) is 9.64. The fourth-order valence-corrected chi connectivity index (χ4v) is 1.73. The van der Waals surface area contributed by atoms with Crippen molar-refractivity contribution in [3.8, 4) is 11.4 Å². The van der Waals surface area contributed by atoms with Crippen LogP contribution in [0.5, 0.6) is 0 Å². The van der Waals surface area contributed by atoms with Gasteiger partial charge in [-0.2, -0.15) is 5.10 Å². The smallest absolute Gasteiger partial charge is 0.111 e. The van der Waals surface area contributed by atoms with Gasteiger partial charge in [-0.05, 0) is 31.0 Å². The van der Waals surface area contributed by atoms with Gasteiger partial charge in [0.1, 0.15) is 5.69 Å². The summed E-state index contributed by atoms with van der Waals surface area (Å²) >= 11 is 0. The quantitative estimate of drug-likeness (QED) is 0.856. The summed E-state index contributed by atoms with van der Waals surface area (Å²) in [6.45, 7) is 4.99. The van der Waals surface area contributed by atoms with Crippen molar-refractivity contribution in [1.29, 1.82) is 0 Å². The van der Waals surface area contributed by atoms with Crippen LogP contribution in [-0.2, 0) is 6.54 Å². The minimum Gasteiger partial charge on any atom is -0.397 e. The number of aryl methyl sites for hydroxylation is 2. The molecule has 0 saturated heterocycles. The molecule has 0 spiro atoms. The van der Waals surface area contributed by atoms with Crippen LogP contribution >= 0.6 is 0 Å². The van der Waals surface area contributed by atoms with Crippen LogP contribution in [0.2, 0.25) is 0 Å². The maximum Gasteiger partial charge on any atom is 0.111 e. The molecule has 2 rings (SSSR count). The van der Waals surface area contributed by atoms with Crippen molar-refractivity contribution in [2.75, 3.05) is 5.73 Å². The van der Waals surface area contributed by atoms with Crippen LogP contribution in [0.4, 0.5) is 5.69 Å². The number of pyridine rings is 1. The molecule has 2 aromatic rings. The summed E-state index contributed by atoms with van der Waals surface area (Å²) in [6, 6.07) is 3.88. The molecule has 0 amide bonds. The molecule has 0 aromatic carbocycles. The molecule has 0 aliphatic rings. The van der Waals surface area contributed by atoms with Crippen LogP contribution in [0.1, 0.15) is 18.9 Å². The number of aromatic nitrogens is 3. The lowest BCUT2D eigenvalue weighted by molar-refractivity contribution is 0.608. The molecule has 0 atom stereocenters. The molecule has 0 bridgehead atoms. The van der Waals surface area contributed by atoms with Crippen molar-refractivity contribution < 1.29 is 0 Å². The molecular formula is C12H16N4. The third kappa shape index (κ3) is 1.91. The van der Waals surface area contributed by atoms with Crippen LogP contribution in [-0.4, -0.2) is 14.8 Å². The predicted octanol–water partition coefficient (Wildman–Crippen LogP) is 2.25. The van der Waals surface area contributed by atoms with Gasteiger partial charge in [0.05, 0.1) is 11.4 Å². The molecule has 2 heterocycles. The summed E-state index contributed by atoms with van der Waals surface area (Å²) in [6.07, 6.45) is 4.65. The summed E-state index contributed by atoms with van der Waals surface area (Å²) in [4.78, 5) is 4.38. The van der Waals surface area contributed by atoms with E-state index in [2.05, 4.69) is 17.0 Å². The first-order chi connectivity index (χ1) is 7.72.